The molecule has 0 N–H and O–H groups in total. The Morgan fingerprint density at radius 3 is 2.27 bits per heavy atom. The predicted octanol–water partition coefficient (Wildman–Crippen LogP) is 4.57. The molecule has 1 aliphatic heterocycles. The highest BCUT2D eigenvalue weighted by atomic mass is 32.2. The van der Waals surface area contributed by atoms with Crippen LogP contribution in [0.1, 0.15) is 33.1 Å². The fourth-order valence-electron chi connectivity index (χ4n) is 3.37. The highest BCUT2D eigenvalue weighted by Gasteiger charge is 2.11. The zero-order valence-corrected chi connectivity index (χ0v) is 16.8. The topological polar surface area (TPSA) is 32.3 Å². The van der Waals surface area contributed by atoms with Crippen molar-refractivity contribution < 1.29 is 0 Å². The molecule has 4 nitrogen and oxygen atoms in total. The molecular weight excluding hydrogens is 340 g/mol. The lowest BCUT2D eigenvalue weighted by molar-refractivity contribution is 0.324. The zero-order valence-electron chi connectivity index (χ0n) is 16.0. The Kier molecular flexibility index (Phi) is 7.32. The molecule has 1 saturated heterocycles. The number of piperidine rings is 1. The molecule has 3 rings (SSSR count). The Hall–Kier alpha value is -1.59. The van der Waals surface area contributed by atoms with Gasteiger partial charge in [0.05, 0.1) is 5.69 Å². The summed E-state index contributed by atoms with van der Waals surface area (Å²) in [4.78, 5) is 4.91. The Morgan fingerprint density at radius 1 is 0.923 bits per heavy atom. The largest absolute Gasteiger partial charge is 0.372 e. The van der Waals surface area contributed by atoms with Crippen molar-refractivity contribution in [3.05, 3.63) is 36.4 Å². The van der Waals surface area contributed by atoms with Gasteiger partial charge in [-0.1, -0.05) is 26.0 Å². The second-order valence-electron chi connectivity index (χ2n) is 6.73. The van der Waals surface area contributed by atoms with Gasteiger partial charge in [-0.15, -0.1) is 22.0 Å². The first kappa shape index (κ1) is 19.2. The van der Waals surface area contributed by atoms with E-state index in [1.54, 1.807) is 11.8 Å². The van der Waals surface area contributed by atoms with Gasteiger partial charge < -0.3 is 9.80 Å². The molecular formula is C21H30N4S. The summed E-state index contributed by atoms with van der Waals surface area (Å²) in [6, 6.07) is 12.9. The second kappa shape index (κ2) is 9.93. The van der Waals surface area contributed by atoms with Gasteiger partial charge in [0.2, 0.25) is 0 Å². The summed E-state index contributed by atoms with van der Waals surface area (Å²) in [7, 11) is 0. The minimum atomic E-state index is 0.947. The van der Waals surface area contributed by atoms with E-state index >= 15 is 0 Å². The van der Waals surface area contributed by atoms with Crippen molar-refractivity contribution in [2.24, 2.45) is 0 Å². The normalized spacial score (nSPS) is 14.8. The van der Waals surface area contributed by atoms with Gasteiger partial charge in [0.15, 0.2) is 0 Å². The van der Waals surface area contributed by atoms with Crippen LogP contribution in [-0.2, 0) is 0 Å². The first-order valence-corrected chi connectivity index (χ1v) is 10.8. The maximum absolute atomic E-state index is 4.43. The molecule has 0 atom stereocenters. The third kappa shape index (κ3) is 5.21. The van der Waals surface area contributed by atoms with Crippen LogP contribution in [0, 0.1) is 0 Å². The van der Waals surface area contributed by atoms with E-state index in [9.17, 15) is 0 Å². The summed E-state index contributed by atoms with van der Waals surface area (Å²) < 4.78 is 0. The van der Waals surface area contributed by atoms with Crippen molar-refractivity contribution >= 4 is 17.4 Å². The van der Waals surface area contributed by atoms with Crippen LogP contribution in [0.4, 0.5) is 5.69 Å². The lowest BCUT2D eigenvalue weighted by atomic mass is 10.1. The number of aromatic nitrogens is 2. The SMILES string of the molecule is CCN(CC)CCSc1ccc(-c2ccc(N3CCCCC3)cc2)nn1. The Morgan fingerprint density at radius 2 is 1.65 bits per heavy atom. The number of anilines is 1. The summed E-state index contributed by atoms with van der Waals surface area (Å²) in [5.41, 5.74) is 3.41. The Balaban J connectivity index is 1.56. The molecule has 1 aromatic heterocycles. The van der Waals surface area contributed by atoms with Crippen molar-refractivity contribution in [3.8, 4) is 11.3 Å². The smallest absolute Gasteiger partial charge is 0.119 e. The molecule has 0 saturated carbocycles. The molecule has 1 fully saturated rings. The quantitative estimate of drug-likeness (QED) is 0.636. The van der Waals surface area contributed by atoms with Crippen molar-refractivity contribution in [1.29, 1.82) is 0 Å². The van der Waals surface area contributed by atoms with E-state index in [2.05, 4.69) is 70.2 Å². The molecule has 2 aromatic rings. The molecule has 0 amide bonds. The molecule has 26 heavy (non-hydrogen) atoms. The van der Waals surface area contributed by atoms with Crippen LogP contribution >= 0.6 is 11.8 Å². The number of hydrogen-bond donors (Lipinski definition) is 0. The average Bonchev–Trinajstić information content (AvgIpc) is 2.72. The molecule has 0 radical (unpaired) electrons. The molecule has 5 heteroatoms. The van der Waals surface area contributed by atoms with Gasteiger partial charge in [0.1, 0.15) is 5.03 Å². The Bertz CT molecular complexity index is 647. The molecule has 0 aliphatic carbocycles. The van der Waals surface area contributed by atoms with Crippen LogP contribution in [0.3, 0.4) is 0 Å². The van der Waals surface area contributed by atoms with Gasteiger partial charge in [0, 0.05) is 36.6 Å². The number of benzene rings is 1. The van der Waals surface area contributed by atoms with Gasteiger partial charge in [-0.05, 0) is 56.6 Å². The van der Waals surface area contributed by atoms with E-state index in [-0.39, 0.29) is 0 Å². The highest BCUT2D eigenvalue weighted by molar-refractivity contribution is 7.99. The first-order chi connectivity index (χ1) is 12.8. The van der Waals surface area contributed by atoms with Crippen LogP contribution in [0.2, 0.25) is 0 Å². The summed E-state index contributed by atoms with van der Waals surface area (Å²) in [5.74, 6) is 1.06. The molecule has 0 bridgehead atoms. The minimum Gasteiger partial charge on any atom is -0.372 e. The number of nitrogens with zero attached hydrogens (tertiary/aromatic N) is 4. The first-order valence-electron chi connectivity index (χ1n) is 9.84. The third-order valence-corrected chi connectivity index (χ3v) is 5.98. The number of rotatable bonds is 8. The van der Waals surface area contributed by atoms with Crippen molar-refractivity contribution in [2.75, 3.05) is 43.4 Å². The fraction of sp³-hybridized carbons (Fsp3) is 0.524. The summed E-state index contributed by atoms with van der Waals surface area (Å²) in [5, 5.41) is 9.84. The molecule has 2 heterocycles. The van der Waals surface area contributed by atoms with E-state index in [4.69, 9.17) is 0 Å². The van der Waals surface area contributed by atoms with Gasteiger partial charge >= 0.3 is 0 Å². The van der Waals surface area contributed by atoms with Gasteiger partial charge in [-0.2, -0.15) is 0 Å². The highest BCUT2D eigenvalue weighted by Crippen LogP contribution is 2.25. The van der Waals surface area contributed by atoms with Crippen LogP contribution < -0.4 is 4.90 Å². The Labute approximate surface area is 162 Å². The predicted molar refractivity (Wildman–Crippen MR) is 112 cm³/mol. The maximum Gasteiger partial charge on any atom is 0.119 e. The van der Waals surface area contributed by atoms with E-state index in [0.29, 0.717) is 0 Å². The van der Waals surface area contributed by atoms with E-state index in [1.165, 1.54) is 38.0 Å². The van der Waals surface area contributed by atoms with Gasteiger partial charge in [-0.25, -0.2) is 0 Å². The standard InChI is InChI=1S/C21H30N4S/c1-3-24(4-2)16-17-26-21-13-12-20(22-23-21)18-8-10-19(11-9-18)25-14-6-5-7-15-25/h8-13H,3-7,14-17H2,1-2H3. The van der Waals surface area contributed by atoms with Crippen LogP contribution in [-0.4, -0.2) is 53.6 Å². The number of thioether (sulfide) groups is 1. The summed E-state index contributed by atoms with van der Waals surface area (Å²) >= 11 is 1.78. The van der Waals surface area contributed by atoms with Gasteiger partial charge in [0.25, 0.3) is 0 Å². The third-order valence-electron chi connectivity index (χ3n) is 5.08. The van der Waals surface area contributed by atoms with Crippen molar-refractivity contribution in [2.45, 2.75) is 38.1 Å². The van der Waals surface area contributed by atoms with Gasteiger partial charge in [-0.3, -0.25) is 0 Å². The van der Waals surface area contributed by atoms with E-state index in [0.717, 1.165) is 41.7 Å². The molecule has 140 valence electrons. The van der Waals surface area contributed by atoms with Crippen molar-refractivity contribution in [3.63, 3.8) is 0 Å². The lowest BCUT2D eigenvalue weighted by Crippen LogP contribution is -2.29. The molecule has 1 aromatic carbocycles. The molecule has 0 spiro atoms. The van der Waals surface area contributed by atoms with Crippen LogP contribution in [0.15, 0.2) is 41.4 Å². The summed E-state index contributed by atoms with van der Waals surface area (Å²) in [6.07, 6.45) is 3.98. The number of hydrogen-bond acceptors (Lipinski definition) is 5. The summed E-state index contributed by atoms with van der Waals surface area (Å²) in [6.45, 7) is 10.1. The maximum atomic E-state index is 4.43. The van der Waals surface area contributed by atoms with E-state index < -0.39 is 0 Å². The lowest BCUT2D eigenvalue weighted by Gasteiger charge is -2.28. The molecule has 1 aliphatic rings. The monoisotopic (exact) mass is 370 g/mol. The zero-order chi connectivity index (χ0) is 18.2. The van der Waals surface area contributed by atoms with Crippen LogP contribution in [0.5, 0.6) is 0 Å². The van der Waals surface area contributed by atoms with Crippen molar-refractivity contribution in [1.82, 2.24) is 15.1 Å². The van der Waals surface area contributed by atoms with E-state index in [1.807, 2.05) is 0 Å². The molecule has 0 unspecified atom stereocenters. The second-order valence-corrected chi connectivity index (χ2v) is 7.84. The van der Waals surface area contributed by atoms with Crippen LogP contribution in [0.25, 0.3) is 11.3 Å². The minimum absolute atomic E-state index is 0.947. The average molecular weight is 371 g/mol. The fourth-order valence-corrected chi connectivity index (χ4v) is 4.19.